The topological polar surface area (TPSA) is 55.4 Å². The number of nitrogens with one attached hydrogen (secondary N) is 1. The van der Waals surface area contributed by atoms with Crippen LogP contribution in [-0.4, -0.2) is 15.5 Å². The first-order valence-electron chi connectivity index (χ1n) is 5.90. The lowest BCUT2D eigenvalue weighted by Crippen LogP contribution is -2.23. The van der Waals surface area contributed by atoms with Gasteiger partial charge in [0.1, 0.15) is 0 Å². The van der Waals surface area contributed by atoms with E-state index >= 15 is 0 Å². The van der Waals surface area contributed by atoms with Gasteiger partial charge in [0.2, 0.25) is 10.0 Å². The fraction of sp³-hybridized carbons (Fsp3) is 0.143. The highest BCUT2D eigenvalue weighted by molar-refractivity contribution is 7.89. The molecule has 0 aliphatic heterocycles. The molecule has 2 aromatic carbocycles. The van der Waals surface area contributed by atoms with Crippen molar-refractivity contribution in [3.63, 3.8) is 0 Å². The van der Waals surface area contributed by atoms with Crippen LogP contribution in [0.4, 0.5) is 4.39 Å². The molecular formula is C14H14FNO3S. The van der Waals surface area contributed by atoms with Gasteiger partial charge in [0.05, 0.1) is 12.0 Å². The quantitative estimate of drug-likeness (QED) is 0.921. The smallest absolute Gasteiger partial charge is 0.240 e. The molecule has 0 saturated heterocycles. The zero-order chi connectivity index (χ0) is 14.6. The van der Waals surface area contributed by atoms with E-state index in [2.05, 4.69) is 4.72 Å². The van der Waals surface area contributed by atoms with E-state index in [9.17, 15) is 12.8 Å². The van der Waals surface area contributed by atoms with E-state index in [1.54, 1.807) is 24.3 Å². The largest absolute Gasteiger partial charge is 0.494 e. The van der Waals surface area contributed by atoms with Gasteiger partial charge in [-0.3, -0.25) is 0 Å². The molecule has 0 spiro atoms. The van der Waals surface area contributed by atoms with E-state index in [1.807, 2.05) is 0 Å². The maximum Gasteiger partial charge on any atom is 0.240 e. The van der Waals surface area contributed by atoms with Crippen molar-refractivity contribution in [3.05, 3.63) is 59.9 Å². The van der Waals surface area contributed by atoms with Crippen LogP contribution in [0, 0.1) is 5.82 Å². The Labute approximate surface area is 117 Å². The molecule has 6 heteroatoms. The normalized spacial score (nSPS) is 11.3. The number of rotatable bonds is 5. The third kappa shape index (κ3) is 3.34. The van der Waals surface area contributed by atoms with E-state index in [1.165, 1.54) is 31.4 Å². The van der Waals surface area contributed by atoms with Gasteiger partial charge in [0.25, 0.3) is 0 Å². The van der Waals surface area contributed by atoms with Crippen molar-refractivity contribution in [2.24, 2.45) is 0 Å². The lowest BCUT2D eigenvalue weighted by molar-refractivity contribution is 0.386. The summed E-state index contributed by atoms with van der Waals surface area (Å²) in [5.74, 6) is -0.399. The Hall–Kier alpha value is -1.92. The van der Waals surface area contributed by atoms with Gasteiger partial charge in [0, 0.05) is 6.54 Å². The summed E-state index contributed by atoms with van der Waals surface area (Å²) in [5.41, 5.74) is 0.516. The van der Waals surface area contributed by atoms with Crippen LogP contribution in [0.15, 0.2) is 53.4 Å². The first-order chi connectivity index (χ1) is 9.53. The van der Waals surface area contributed by atoms with Crippen LogP contribution in [0.3, 0.4) is 0 Å². The molecule has 0 amide bonds. The Morgan fingerprint density at radius 2 is 1.85 bits per heavy atom. The van der Waals surface area contributed by atoms with Crippen molar-refractivity contribution in [3.8, 4) is 5.75 Å². The first-order valence-corrected chi connectivity index (χ1v) is 7.38. The maximum atomic E-state index is 13.5. The minimum atomic E-state index is -3.59. The van der Waals surface area contributed by atoms with Crippen LogP contribution in [0.2, 0.25) is 0 Å². The van der Waals surface area contributed by atoms with Gasteiger partial charge in [-0.25, -0.2) is 17.5 Å². The van der Waals surface area contributed by atoms with Crippen molar-refractivity contribution in [1.82, 2.24) is 4.72 Å². The zero-order valence-corrected chi connectivity index (χ0v) is 11.7. The second-order valence-electron chi connectivity index (χ2n) is 4.11. The highest BCUT2D eigenvalue weighted by atomic mass is 32.2. The third-order valence-corrected chi connectivity index (χ3v) is 4.15. The van der Waals surface area contributed by atoms with Gasteiger partial charge in [-0.1, -0.05) is 24.3 Å². The predicted molar refractivity (Wildman–Crippen MR) is 73.4 cm³/mol. The average Bonchev–Trinajstić information content (AvgIpc) is 2.46. The third-order valence-electron chi connectivity index (χ3n) is 2.74. The molecule has 2 aromatic rings. The monoisotopic (exact) mass is 295 g/mol. The lowest BCUT2D eigenvalue weighted by atomic mass is 10.2. The van der Waals surface area contributed by atoms with Crippen molar-refractivity contribution < 1.29 is 17.5 Å². The Bertz CT molecular complexity index is 687. The van der Waals surface area contributed by atoms with Gasteiger partial charge in [-0.2, -0.15) is 0 Å². The SMILES string of the molecule is COc1ccc(CNS(=O)(=O)c2ccccc2)cc1F. The summed E-state index contributed by atoms with van der Waals surface area (Å²) in [6.45, 7) is 0.0120. The second kappa shape index (κ2) is 6.02. The van der Waals surface area contributed by atoms with Crippen LogP contribution >= 0.6 is 0 Å². The van der Waals surface area contributed by atoms with Gasteiger partial charge in [-0.05, 0) is 29.8 Å². The summed E-state index contributed by atoms with van der Waals surface area (Å²) >= 11 is 0. The van der Waals surface area contributed by atoms with Gasteiger partial charge in [-0.15, -0.1) is 0 Å². The standard InChI is InChI=1S/C14H14FNO3S/c1-19-14-8-7-11(9-13(14)15)10-16-20(17,18)12-5-3-2-4-6-12/h2-9,16H,10H2,1H3. The van der Waals surface area contributed by atoms with E-state index in [4.69, 9.17) is 4.74 Å². The zero-order valence-electron chi connectivity index (χ0n) is 10.8. The lowest BCUT2D eigenvalue weighted by Gasteiger charge is -2.08. The maximum absolute atomic E-state index is 13.5. The number of hydrogen-bond acceptors (Lipinski definition) is 3. The van der Waals surface area contributed by atoms with E-state index in [-0.39, 0.29) is 17.2 Å². The summed E-state index contributed by atoms with van der Waals surface area (Å²) in [6.07, 6.45) is 0. The number of halogens is 1. The molecule has 2 rings (SSSR count). The molecule has 1 N–H and O–H groups in total. The number of hydrogen-bond donors (Lipinski definition) is 1. The number of benzene rings is 2. The summed E-state index contributed by atoms with van der Waals surface area (Å²) in [4.78, 5) is 0.175. The number of methoxy groups -OCH3 is 1. The van der Waals surface area contributed by atoms with Gasteiger partial charge < -0.3 is 4.74 Å². The van der Waals surface area contributed by atoms with E-state index in [0.717, 1.165) is 0 Å². The van der Waals surface area contributed by atoms with Crippen molar-refractivity contribution in [2.45, 2.75) is 11.4 Å². The van der Waals surface area contributed by atoms with Crippen LogP contribution in [0.25, 0.3) is 0 Å². The number of ether oxygens (including phenoxy) is 1. The molecule has 106 valence electrons. The van der Waals surface area contributed by atoms with E-state index < -0.39 is 15.8 Å². The molecule has 0 unspecified atom stereocenters. The molecule has 20 heavy (non-hydrogen) atoms. The van der Waals surface area contributed by atoms with Gasteiger partial charge in [0.15, 0.2) is 11.6 Å². The molecule has 0 aromatic heterocycles. The van der Waals surface area contributed by atoms with Crippen LogP contribution in [0.5, 0.6) is 5.75 Å². The molecule has 0 fully saturated rings. The summed E-state index contributed by atoms with van der Waals surface area (Å²) in [7, 11) is -2.22. The van der Waals surface area contributed by atoms with Crippen molar-refractivity contribution in [1.29, 1.82) is 0 Å². The molecule has 0 bridgehead atoms. The highest BCUT2D eigenvalue weighted by Crippen LogP contribution is 2.18. The van der Waals surface area contributed by atoms with Crippen LogP contribution in [0.1, 0.15) is 5.56 Å². The first kappa shape index (κ1) is 14.5. The molecule has 0 saturated carbocycles. The Balaban J connectivity index is 2.11. The Kier molecular flexibility index (Phi) is 4.36. The van der Waals surface area contributed by atoms with E-state index in [0.29, 0.717) is 5.56 Å². The van der Waals surface area contributed by atoms with Crippen LogP contribution < -0.4 is 9.46 Å². The summed E-state index contributed by atoms with van der Waals surface area (Å²) < 4.78 is 44.7. The Morgan fingerprint density at radius 3 is 2.45 bits per heavy atom. The molecule has 0 radical (unpaired) electrons. The highest BCUT2D eigenvalue weighted by Gasteiger charge is 2.13. The molecular weight excluding hydrogens is 281 g/mol. The minimum Gasteiger partial charge on any atom is -0.494 e. The van der Waals surface area contributed by atoms with Crippen LogP contribution in [-0.2, 0) is 16.6 Å². The molecule has 4 nitrogen and oxygen atoms in total. The van der Waals surface area contributed by atoms with Crippen molar-refractivity contribution in [2.75, 3.05) is 7.11 Å². The fourth-order valence-electron chi connectivity index (χ4n) is 1.68. The van der Waals surface area contributed by atoms with Gasteiger partial charge >= 0.3 is 0 Å². The predicted octanol–water partition coefficient (Wildman–Crippen LogP) is 2.31. The summed E-state index contributed by atoms with van der Waals surface area (Å²) in [5, 5.41) is 0. The Morgan fingerprint density at radius 1 is 1.15 bits per heavy atom. The summed E-state index contributed by atoms with van der Waals surface area (Å²) in [6, 6.07) is 12.3. The van der Waals surface area contributed by atoms with Crippen molar-refractivity contribution >= 4 is 10.0 Å². The second-order valence-corrected chi connectivity index (χ2v) is 5.87. The molecule has 0 atom stereocenters. The molecule has 0 heterocycles. The minimum absolute atomic E-state index is 0.0120. The molecule has 0 aliphatic rings. The molecule has 0 aliphatic carbocycles. The fourth-order valence-corrected chi connectivity index (χ4v) is 2.72. The number of sulfonamides is 1. The average molecular weight is 295 g/mol.